The predicted molar refractivity (Wildman–Crippen MR) is 112 cm³/mol. The maximum atomic E-state index is 13.4. The summed E-state index contributed by atoms with van der Waals surface area (Å²) in [5.74, 6) is 1.83. The zero-order valence-electron chi connectivity index (χ0n) is 16.9. The molecule has 0 saturated heterocycles. The summed E-state index contributed by atoms with van der Waals surface area (Å²) < 4.78 is 19.7. The lowest BCUT2D eigenvalue weighted by Crippen LogP contribution is -2.24. The maximum Gasteiger partial charge on any atom is 0.123 e. The lowest BCUT2D eigenvalue weighted by atomic mass is 9.78. The molecule has 1 aromatic carbocycles. The zero-order chi connectivity index (χ0) is 19.5. The van der Waals surface area contributed by atoms with Gasteiger partial charge in [-0.3, -0.25) is 4.98 Å². The molecule has 2 aromatic rings. The fourth-order valence-electron chi connectivity index (χ4n) is 5.08. The van der Waals surface area contributed by atoms with Gasteiger partial charge in [-0.2, -0.15) is 0 Å². The van der Waals surface area contributed by atoms with Gasteiger partial charge in [-0.25, -0.2) is 4.39 Å². The molecule has 28 heavy (non-hydrogen) atoms. The molecule has 0 N–H and O–H groups in total. The molecule has 0 unspecified atom stereocenters. The minimum Gasteiger partial charge on any atom is -0.375 e. The predicted octanol–water partition coefficient (Wildman–Crippen LogP) is 6.52. The Labute approximate surface area is 167 Å². The summed E-state index contributed by atoms with van der Waals surface area (Å²) >= 11 is 0. The molecule has 2 saturated carbocycles. The van der Waals surface area contributed by atoms with Gasteiger partial charge in [0.25, 0.3) is 0 Å². The summed E-state index contributed by atoms with van der Waals surface area (Å²) in [6, 6.07) is 10.7. The van der Waals surface area contributed by atoms with Crippen LogP contribution in [0.15, 0.2) is 48.7 Å². The van der Waals surface area contributed by atoms with E-state index < -0.39 is 0 Å². The molecule has 0 bridgehead atoms. The van der Waals surface area contributed by atoms with Crippen molar-refractivity contribution in [3.8, 4) is 11.1 Å². The number of fused-ring (bicyclic) bond motifs is 1. The first-order valence-corrected chi connectivity index (χ1v) is 10.7. The molecule has 4 atom stereocenters. The molecule has 0 spiro atoms. The molecule has 1 heterocycles. The zero-order valence-corrected chi connectivity index (χ0v) is 16.9. The van der Waals surface area contributed by atoms with Crippen LogP contribution in [0.5, 0.6) is 0 Å². The highest BCUT2D eigenvalue weighted by molar-refractivity contribution is 5.63. The van der Waals surface area contributed by atoms with Crippen LogP contribution in [0.3, 0.4) is 0 Å². The quantitative estimate of drug-likeness (QED) is 0.590. The van der Waals surface area contributed by atoms with Crippen molar-refractivity contribution in [1.29, 1.82) is 0 Å². The van der Waals surface area contributed by atoms with Crippen molar-refractivity contribution in [2.45, 2.75) is 58.2 Å². The number of halogens is 1. The van der Waals surface area contributed by atoms with Crippen molar-refractivity contribution in [2.75, 3.05) is 0 Å². The normalized spacial score (nSPS) is 27.4. The Morgan fingerprint density at radius 1 is 1.11 bits per heavy atom. The molecule has 4 rings (SSSR count). The summed E-state index contributed by atoms with van der Waals surface area (Å²) in [5, 5.41) is 0. The van der Waals surface area contributed by atoms with E-state index in [2.05, 4.69) is 31.0 Å². The van der Waals surface area contributed by atoms with Gasteiger partial charge in [-0.1, -0.05) is 43.5 Å². The largest absolute Gasteiger partial charge is 0.375 e. The molecule has 2 nitrogen and oxygen atoms in total. The summed E-state index contributed by atoms with van der Waals surface area (Å²) in [7, 11) is 0. The number of benzene rings is 1. The third-order valence-electron chi connectivity index (χ3n) is 6.31. The molecule has 2 aliphatic rings. The van der Waals surface area contributed by atoms with E-state index in [1.165, 1.54) is 38.2 Å². The average molecular weight is 380 g/mol. The van der Waals surface area contributed by atoms with E-state index in [0.717, 1.165) is 28.7 Å². The Kier molecular flexibility index (Phi) is 5.91. The van der Waals surface area contributed by atoms with Crippen molar-refractivity contribution in [3.05, 3.63) is 60.2 Å². The van der Waals surface area contributed by atoms with Crippen molar-refractivity contribution in [1.82, 2.24) is 4.98 Å². The second-order valence-corrected chi connectivity index (χ2v) is 8.59. The van der Waals surface area contributed by atoms with Crippen LogP contribution in [0.25, 0.3) is 17.2 Å². The highest BCUT2D eigenvalue weighted by Crippen LogP contribution is 2.48. The van der Waals surface area contributed by atoms with Crippen LogP contribution >= 0.6 is 0 Å². The molecule has 3 heteroatoms. The Morgan fingerprint density at radius 3 is 2.71 bits per heavy atom. The van der Waals surface area contributed by atoms with Crippen LogP contribution in [0.4, 0.5) is 4.39 Å². The first-order valence-electron chi connectivity index (χ1n) is 10.7. The highest BCUT2D eigenvalue weighted by atomic mass is 19.1. The summed E-state index contributed by atoms with van der Waals surface area (Å²) in [5.41, 5.74) is 2.74. The summed E-state index contributed by atoms with van der Waals surface area (Å²) in [4.78, 5) is 4.59. The van der Waals surface area contributed by atoms with Gasteiger partial charge in [0.1, 0.15) is 5.82 Å². The molecule has 0 radical (unpaired) electrons. The van der Waals surface area contributed by atoms with Crippen molar-refractivity contribution in [3.63, 3.8) is 0 Å². The van der Waals surface area contributed by atoms with Crippen LogP contribution < -0.4 is 0 Å². The third-order valence-corrected chi connectivity index (χ3v) is 6.31. The molecule has 1 aromatic heterocycles. The monoisotopic (exact) mass is 379 g/mol. The highest BCUT2D eigenvalue weighted by Gasteiger charge is 2.43. The number of hydrogen-bond donors (Lipinski definition) is 0. The van der Waals surface area contributed by atoms with Gasteiger partial charge in [-0.15, -0.1) is 0 Å². The topological polar surface area (TPSA) is 22.1 Å². The molecule has 0 amide bonds. The third kappa shape index (κ3) is 4.35. The van der Waals surface area contributed by atoms with Crippen molar-refractivity contribution >= 4 is 6.08 Å². The minimum atomic E-state index is -0.221. The first-order chi connectivity index (χ1) is 13.6. The lowest BCUT2D eigenvalue weighted by molar-refractivity contribution is -0.00818. The fraction of sp³-hybridized carbons (Fsp3) is 0.480. The van der Waals surface area contributed by atoms with Crippen LogP contribution in [0, 0.1) is 23.6 Å². The number of hydrogen-bond acceptors (Lipinski definition) is 2. The Hall–Kier alpha value is -2.00. The number of ether oxygens (including phenoxy) is 1. The second kappa shape index (κ2) is 8.57. The molecular formula is C25H30FNO. The standard InChI is InChI=1S/C25H30FNO/c1-17(2)28-25-15-19-6-3-4-9-23(19)24(25)13-12-22-11-10-20(16-27-22)18-7-5-8-21(26)14-18/h5,7-8,10-14,16-17,19,23-25H,3-4,6,9,15H2,1-2H3/t19-,23-,24+,25+/m1/s1. The lowest BCUT2D eigenvalue weighted by Gasteiger charge is -2.28. The van der Waals surface area contributed by atoms with Crippen molar-refractivity contribution in [2.24, 2.45) is 17.8 Å². The van der Waals surface area contributed by atoms with Crippen molar-refractivity contribution < 1.29 is 9.13 Å². The SMILES string of the molecule is CC(C)O[C@H]1C[C@H]2CCCC[C@H]2[C@@H]1C=Cc1ccc(-c2cccc(F)c2)cn1. The van der Waals surface area contributed by atoms with E-state index in [1.54, 1.807) is 12.1 Å². The smallest absolute Gasteiger partial charge is 0.123 e. The molecular weight excluding hydrogens is 349 g/mol. The van der Waals surface area contributed by atoms with Crippen LogP contribution in [-0.4, -0.2) is 17.2 Å². The average Bonchev–Trinajstić information content (AvgIpc) is 3.03. The van der Waals surface area contributed by atoms with Crippen LogP contribution in [0.2, 0.25) is 0 Å². The number of aromatic nitrogens is 1. The number of rotatable bonds is 5. The molecule has 148 valence electrons. The summed E-state index contributed by atoms with van der Waals surface area (Å²) in [6.07, 6.45) is 13.5. The van der Waals surface area contributed by atoms with E-state index in [4.69, 9.17) is 4.74 Å². The molecule has 0 aliphatic heterocycles. The fourth-order valence-corrected chi connectivity index (χ4v) is 5.08. The van der Waals surface area contributed by atoms with E-state index in [9.17, 15) is 4.39 Å². The summed E-state index contributed by atoms with van der Waals surface area (Å²) in [6.45, 7) is 4.27. The molecule has 2 aliphatic carbocycles. The van der Waals surface area contributed by atoms with Gasteiger partial charge in [0.15, 0.2) is 0 Å². The first kappa shape index (κ1) is 19.3. The van der Waals surface area contributed by atoms with Gasteiger partial charge in [0.05, 0.1) is 17.9 Å². The Bertz CT molecular complexity index is 814. The van der Waals surface area contributed by atoms with Gasteiger partial charge < -0.3 is 4.74 Å². The van der Waals surface area contributed by atoms with Crippen LogP contribution in [0.1, 0.15) is 51.6 Å². The number of pyridine rings is 1. The van der Waals surface area contributed by atoms with E-state index in [1.807, 2.05) is 24.4 Å². The number of nitrogens with zero attached hydrogens (tertiary/aromatic N) is 1. The Morgan fingerprint density at radius 2 is 1.96 bits per heavy atom. The second-order valence-electron chi connectivity index (χ2n) is 8.59. The van der Waals surface area contributed by atoms with Gasteiger partial charge in [-0.05, 0) is 68.4 Å². The van der Waals surface area contributed by atoms with Gasteiger partial charge in [0.2, 0.25) is 0 Å². The minimum absolute atomic E-state index is 0.221. The van der Waals surface area contributed by atoms with Gasteiger partial charge >= 0.3 is 0 Å². The molecule has 2 fully saturated rings. The van der Waals surface area contributed by atoms with E-state index in [-0.39, 0.29) is 11.9 Å². The Balaban J connectivity index is 1.50. The van der Waals surface area contributed by atoms with E-state index in [0.29, 0.717) is 12.0 Å². The maximum absolute atomic E-state index is 13.4. The van der Waals surface area contributed by atoms with Gasteiger partial charge in [0, 0.05) is 17.7 Å². The van der Waals surface area contributed by atoms with E-state index >= 15 is 0 Å². The van der Waals surface area contributed by atoms with Crippen LogP contribution in [-0.2, 0) is 4.74 Å².